The number of aromatic nitrogens is 3. The average Bonchev–Trinajstić information content (AvgIpc) is 2.69. The summed E-state index contributed by atoms with van der Waals surface area (Å²) in [4.78, 5) is 4.12. The fourth-order valence-corrected chi connectivity index (χ4v) is 3.94. The maximum atomic E-state index is 12.4. The van der Waals surface area contributed by atoms with E-state index < -0.39 is 10.0 Å². The van der Waals surface area contributed by atoms with Gasteiger partial charge in [0, 0.05) is 36.2 Å². The van der Waals surface area contributed by atoms with E-state index in [4.69, 9.17) is 11.6 Å². The van der Waals surface area contributed by atoms with E-state index in [9.17, 15) is 8.42 Å². The monoisotopic (exact) mass is 418 g/mol. The molecule has 8 nitrogen and oxygen atoms in total. The van der Waals surface area contributed by atoms with Crippen molar-refractivity contribution in [3.05, 3.63) is 65.4 Å². The Morgan fingerprint density at radius 2 is 1.68 bits per heavy atom. The molecule has 0 radical (unpaired) electrons. The largest absolute Gasteiger partial charge is 0.367 e. The van der Waals surface area contributed by atoms with Gasteiger partial charge in [-0.25, -0.2) is 13.1 Å². The van der Waals surface area contributed by atoms with E-state index >= 15 is 0 Å². The van der Waals surface area contributed by atoms with Crippen molar-refractivity contribution < 1.29 is 8.42 Å². The van der Waals surface area contributed by atoms with Gasteiger partial charge in [0.05, 0.1) is 4.90 Å². The van der Waals surface area contributed by atoms with E-state index in [0.717, 1.165) is 5.69 Å². The third-order valence-electron chi connectivity index (χ3n) is 3.85. The molecule has 3 rings (SSSR count). The molecular formula is C18H19ClN6O2S. The van der Waals surface area contributed by atoms with Crippen molar-refractivity contribution in [3.63, 3.8) is 0 Å². The molecule has 28 heavy (non-hydrogen) atoms. The Hall–Kier alpha value is -2.75. The quantitative estimate of drug-likeness (QED) is 0.482. The first-order chi connectivity index (χ1) is 13.5. The van der Waals surface area contributed by atoms with Crippen molar-refractivity contribution in [2.45, 2.75) is 11.8 Å². The zero-order chi connectivity index (χ0) is 20.0. The molecule has 0 unspecified atom stereocenters. The normalized spacial score (nSPS) is 11.2. The van der Waals surface area contributed by atoms with Gasteiger partial charge >= 0.3 is 0 Å². The Kier molecular flexibility index (Phi) is 6.40. The zero-order valence-corrected chi connectivity index (χ0v) is 16.6. The summed E-state index contributed by atoms with van der Waals surface area (Å²) in [5.41, 5.74) is 1.38. The predicted octanol–water partition coefficient (Wildman–Crippen LogP) is 2.97. The van der Waals surface area contributed by atoms with Crippen LogP contribution in [0.2, 0.25) is 5.02 Å². The topological polar surface area (TPSA) is 109 Å². The molecule has 0 saturated carbocycles. The second-order valence-corrected chi connectivity index (χ2v) is 7.99. The molecule has 2 aromatic heterocycles. The van der Waals surface area contributed by atoms with E-state index in [1.807, 2.05) is 12.1 Å². The highest BCUT2D eigenvalue weighted by Gasteiger charge is 2.17. The number of halogens is 1. The van der Waals surface area contributed by atoms with Crippen LogP contribution in [0, 0.1) is 6.92 Å². The summed E-state index contributed by atoms with van der Waals surface area (Å²) < 4.78 is 27.3. The van der Waals surface area contributed by atoms with Crippen LogP contribution in [-0.2, 0) is 10.0 Å². The predicted molar refractivity (Wildman–Crippen MR) is 109 cm³/mol. The summed E-state index contributed by atoms with van der Waals surface area (Å²) in [7, 11) is -3.63. The van der Waals surface area contributed by atoms with Crippen LogP contribution in [0.5, 0.6) is 0 Å². The van der Waals surface area contributed by atoms with Gasteiger partial charge in [0.25, 0.3) is 0 Å². The van der Waals surface area contributed by atoms with Gasteiger partial charge in [-0.2, -0.15) is 0 Å². The molecule has 0 aliphatic carbocycles. The van der Waals surface area contributed by atoms with Gasteiger partial charge in [-0.1, -0.05) is 17.7 Å². The lowest BCUT2D eigenvalue weighted by Gasteiger charge is -2.11. The van der Waals surface area contributed by atoms with Crippen LogP contribution in [0.4, 0.5) is 17.3 Å². The highest BCUT2D eigenvalue weighted by molar-refractivity contribution is 7.89. The zero-order valence-electron chi connectivity index (χ0n) is 15.1. The van der Waals surface area contributed by atoms with Gasteiger partial charge in [-0.3, -0.25) is 4.98 Å². The molecule has 3 N–H and O–H groups in total. The molecule has 0 atom stereocenters. The van der Waals surface area contributed by atoms with Crippen molar-refractivity contribution in [1.29, 1.82) is 0 Å². The van der Waals surface area contributed by atoms with Crippen molar-refractivity contribution >= 4 is 38.9 Å². The Bertz CT molecular complexity index is 1030. The summed E-state index contributed by atoms with van der Waals surface area (Å²) in [5.74, 6) is 1.13. The number of nitrogens with zero attached hydrogens (tertiary/aromatic N) is 3. The number of rotatable bonds is 8. The second-order valence-electron chi connectivity index (χ2n) is 5.85. The second kappa shape index (κ2) is 8.96. The van der Waals surface area contributed by atoms with Gasteiger partial charge in [0.1, 0.15) is 5.82 Å². The van der Waals surface area contributed by atoms with Gasteiger partial charge in [0.2, 0.25) is 10.0 Å². The summed E-state index contributed by atoms with van der Waals surface area (Å²) in [6, 6.07) is 12.0. The molecule has 1 aromatic carbocycles. The first-order valence-corrected chi connectivity index (χ1v) is 10.3. The minimum Gasteiger partial charge on any atom is -0.367 e. The van der Waals surface area contributed by atoms with Crippen molar-refractivity contribution in [2.75, 3.05) is 23.7 Å². The minimum absolute atomic E-state index is 0.173. The standard InChI is InChI=1S/C18H19ClN6O2S/c1-13-15(19)3-2-4-16(13)28(26,27)22-12-11-21-17-5-6-18(25-24-17)23-14-7-9-20-10-8-14/h2-10,22H,11-12H2,1H3,(H,21,24)(H,20,23,25). The molecule has 146 valence electrons. The Morgan fingerprint density at radius 1 is 0.964 bits per heavy atom. The number of anilines is 3. The maximum absolute atomic E-state index is 12.4. The Labute approximate surface area is 168 Å². The first-order valence-electron chi connectivity index (χ1n) is 8.45. The average molecular weight is 419 g/mol. The molecule has 10 heteroatoms. The Balaban J connectivity index is 1.50. The molecule has 2 heterocycles. The van der Waals surface area contributed by atoms with E-state index in [2.05, 4.69) is 30.5 Å². The number of pyridine rings is 1. The highest BCUT2D eigenvalue weighted by atomic mass is 35.5. The number of benzene rings is 1. The summed E-state index contributed by atoms with van der Waals surface area (Å²) in [5, 5.41) is 14.7. The van der Waals surface area contributed by atoms with E-state index in [1.165, 1.54) is 6.07 Å². The molecule has 0 spiro atoms. The lowest BCUT2D eigenvalue weighted by molar-refractivity contribution is 0.582. The van der Waals surface area contributed by atoms with Crippen LogP contribution in [0.25, 0.3) is 0 Å². The first kappa shape index (κ1) is 20.0. The highest BCUT2D eigenvalue weighted by Crippen LogP contribution is 2.22. The fourth-order valence-electron chi connectivity index (χ4n) is 2.41. The molecule has 0 amide bonds. The summed E-state index contributed by atoms with van der Waals surface area (Å²) >= 11 is 6.00. The van der Waals surface area contributed by atoms with E-state index in [-0.39, 0.29) is 11.4 Å². The molecule has 0 fully saturated rings. The third kappa shape index (κ3) is 5.16. The number of nitrogens with one attached hydrogen (secondary N) is 3. The third-order valence-corrected chi connectivity index (χ3v) is 5.86. The maximum Gasteiger partial charge on any atom is 0.240 e. The lowest BCUT2D eigenvalue weighted by atomic mass is 10.2. The van der Waals surface area contributed by atoms with Gasteiger partial charge in [-0.15, -0.1) is 10.2 Å². The lowest BCUT2D eigenvalue weighted by Crippen LogP contribution is -2.29. The van der Waals surface area contributed by atoms with Crippen LogP contribution >= 0.6 is 11.6 Å². The Morgan fingerprint density at radius 3 is 2.39 bits per heavy atom. The molecule has 0 bridgehead atoms. The minimum atomic E-state index is -3.63. The van der Waals surface area contributed by atoms with Crippen LogP contribution in [0.3, 0.4) is 0 Å². The molecule has 3 aromatic rings. The molecular weight excluding hydrogens is 400 g/mol. The molecule has 0 aliphatic heterocycles. The van der Waals surface area contributed by atoms with Crippen molar-refractivity contribution in [2.24, 2.45) is 0 Å². The van der Waals surface area contributed by atoms with Gasteiger partial charge in [-0.05, 0) is 48.9 Å². The SMILES string of the molecule is Cc1c(Cl)cccc1S(=O)(=O)NCCNc1ccc(Nc2ccncc2)nn1. The summed E-state index contributed by atoms with van der Waals surface area (Å²) in [6.07, 6.45) is 3.36. The van der Waals surface area contributed by atoms with Crippen LogP contribution in [0.15, 0.2) is 59.8 Å². The van der Waals surface area contributed by atoms with Crippen LogP contribution < -0.4 is 15.4 Å². The number of hydrogen-bond donors (Lipinski definition) is 3. The molecule has 0 aliphatic rings. The van der Waals surface area contributed by atoms with E-state index in [0.29, 0.717) is 28.8 Å². The van der Waals surface area contributed by atoms with Gasteiger partial charge < -0.3 is 10.6 Å². The number of sulfonamides is 1. The van der Waals surface area contributed by atoms with Crippen LogP contribution in [-0.4, -0.2) is 36.7 Å². The fraction of sp³-hybridized carbons (Fsp3) is 0.167. The van der Waals surface area contributed by atoms with E-state index in [1.54, 1.807) is 43.6 Å². The van der Waals surface area contributed by atoms with Crippen LogP contribution in [0.1, 0.15) is 5.56 Å². The number of hydrogen-bond acceptors (Lipinski definition) is 7. The smallest absolute Gasteiger partial charge is 0.240 e. The van der Waals surface area contributed by atoms with Crippen molar-refractivity contribution in [1.82, 2.24) is 19.9 Å². The van der Waals surface area contributed by atoms with Crippen molar-refractivity contribution in [3.8, 4) is 0 Å². The summed E-state index contributed by atoms with van der Waals surface area (Å²) in [6.45, 7) is 2.21. The van der Waals surface area contributed by atoms with Gasteiger partial charge in [0.15, 0.2) is 5.82 Å². The molecule has 0 saturated heterocycles.